The summed E-state index contributed by atoms with van der Waals surface area (Å²) in [6.45, 7) is 4.21. The number of likely N-dealkylation sites (N-methyl/N-ethyl adjacent to an activating group) is 1. The van der Waals surface area contributed by atoms with Crippen molar-refractivity contribution in [1.29, 1.82) is 0 Å². The van der Waals surface area contributed by atoms with Crippen LogP contribution in [0, 0.1) is 0 Å². The normalized spacial score (nSPS) is 11.9. The third-order valence-electron chi connectivity index (χ3n) is 2.05. The van der Waals surface area contributed by atoms with E-state index in [0.717, 1.165) is 6.42 Å². The van der Waals surface area contributed by atoms with Gasteiger partial charge in [-0.25, -0.2) is 0 Å². The zero-order valence-electron chi connectivity index (χ0n) is 9.04. The first-order chi connectivity index (χ1) is 6.58. The molecule has 0 aromatic carbocycles. The number of nitrogens with one attached hydrogen (secondary N) is 1. The fraction of sp³-hybridized carbons (Fsp3) is 0.778. The number of amides is 2. The molecule has 1 N–H and O–H groups in total. The number of hydrogen-bond acceptors (Lipinski definition) is 2. The first-order valence-electron chi connectivity index (χ1n) is 4.79. The molecule has 0 aliphatic heterocycles. The van der Waals surface area contributed by atoms with Crippen molar-refractivity contribution in [2.75, 3.05) is 13.6 Å². The first-order valence-corrected chi connectivity index (χ1v) is 4.79. The van der Waals surface area contributed by atoms with E-state index in [0.29, 0.717) is 6.54 Å². The second-order valence-electron chi connectivity index (χ2n) is 3.08. The average Bonchev–Trinajstić information content (AvgIpc) is 2.22. The predicted molar refractivity (Wildman–Crippen MR) is 56.1 cm³/mol. The van der Waals surface area contributed by atoms with Crippen LogP contribution in [-0.4, -0.2) is 44.2 Å². The Morgan fingerprint density at radius 3 is 2.43 bits per heavy atom. The van der Waals surface area contributed by atoms with Crippen molar-refractivity contribution in [3.05, 3.63) is 0 Å². The van der Waals surface area contributed by atoms with Gasteiger partial charge in [0, 0.05) is 13.6 Å². The van der Waals surface area contributed by atoms with Gasteiger partial charge in [-0.3, -0.25) is 9.59 Å². The maximum absolute atomic E-state index is 11.4. The molecule has 0 heterocycles. The van der Waals surface area contributed by atoms with Crippen LogP contribution in [0.3, 0.4) is 0 Å². The summed E-state index contributed by atoms with van der Waals surface area (Å²) in [6.07, 6.45) is 0.758. The minimum absolute atomic E-state index is 0.0542. The highest BCUT2D eigenvalue weighted by Crippen LogP contribution is 2.03. The van der Waals surface area contributed by atoms with Crippen molar-refractivity contribution in [3.63, 3.8) is 0 Å². The molecule has 5 heteroatoms. The van der Waals surface area contributed by atoms with E-state index in [1.165, 1.54) is 4.90 Å². The predicted octanol–water partition coefficient (Wildman–Crippen LogP) is -0.0537. The number of carbonyl (C=O) groups is 2. The van der Waals surface area contributed by atoms with Gasteiger partial charge in [-0.05, 0) is 19.7 Å². The van der Waals surface area contributed by atoms with Crippen LogP contribution in [0.1, 0.15) is 20.3 Å². The van der Waals surface area contributed by atoms with Crippen LogP contribution in [0.15, 0.2) is 0 Å². The van der Waals surface area contributed by atoms with Crippen molar-refractivity contribution in [2.24, 2.45) is 0 Å². The zero-order valence-corrected chi connectivity index (χ0v) is 9.04. The van der Waals surface area contributed by atoms with Gasteiger partial charge in [0.2, 0.25) is 11.8 Å². The van der Waals surface area contributed by atoms with Crippen LogP contribution in [-0.2, 0) is 9.59 Å². The molecule has 0 aliphatic rings. The van der Waals surface area contributed by atoms with Gasteiger partial charge in [-0.2, -0.15) is 0 Å². The zero-order chi connectivity index (χ0) is 11.1. The molecule has 78 valence electrons. The summed E-state index contributed by atoms with van der Waals surface area (Å²) >= 11 is 0. The summed E-state index contributed by atoms with van der Waals surface area (Å²) in [5.41, 5.74) is 0. The Bertz CT molecular complexity index is 209. The minimum atomic E-state index is -0.448. The highest BCUT2D eigenvalue weighted by Gasteiger charge is 2.22. The van der Waals surface area contributed by atoms with Gasteiger partial charge in [0.05, 0.1) is 7.85 Å². The molecular formula is C9H17BN2O2. The summed E-state index contributed by atoms with van der Waals surface area (Å²) < 4.78 is 0. The van der Waals surface area contributed by atoms with E-state index in [1.807, 2.05) is 6.92 Å². The van der Waals surface area contributed by atoms with Gasteiger partial charge in [0.15, 0.2) is 0 Å². The van der Waals surface area contributed by atoms with Crippen LogP contribution in [0.25, 0.3) is 0 Å². The van der Waals surface area contributed by atoms with Crippen LogP contribution >= 0.6 is 0 Å². The number of rotatable bonds is 5. The van der Waals surface area contributed by atoms with E-state index in [4.69, 9.17) is 7.85 Å². The lowest BCUT2D eigenvalue weighted by Gasteiger charge is -2.27. The van der Waals surface area contributed by atoms with Gasteiger partial charge in [-0.15, -0.1) is 0 Å². The topological polar surface area (TPSA) is 49.4 Å². The molecule has 0 saturated carbocycles. The van der Waals surface area contributed by atoms with E-state index in [2.05, 4.69) is 5.32 Å². The summed E-state index contributed by atoms with van der Waals surface area (Å²) in [7, 11) is 6.81. The summed E-state index contributed by atoms with van der Waals surface area (Å²) in [5.74, 6) is -0.358. The van der Waals surface area contributed by atoms with Crippen LogP contribution in [0.5, 0.6) is 0 Å². The summed E-state index contributed by atoms with van der Waals surface area (Å²) in [4.78, 5) is 24.2. The largest absolute Gasteiger partial charge is 0.357 e. The molecule has 0 rings (SSSR count). The molecule has 0 bridgehead atoms. The SMILES string of the molecule is [B]CC(=O)N(CCC)C(C)C(=O)NC. The van der Waals surface area contributed by atoms with Gasteiger partial charge >= 0.3 is 0 Å². The Balaban J connectivity index is 4.47. The van der Waals surface area contributed by atoms with E-state index < -0.39 is 6.04 Å². The molecule has 0 aromatic rings. The van der Waals surface area contributed by atoms with Crippen LogP contribution in [0.2, 0.25) is 6.32 Å². The third kappa shape index (κ3) is 3.40. The van der Waals surface area contributed by atoms with Crippen LogP contribution in [0.4, 0.5) is 0 Å². The molecule has 2 radical (unpaired) electrons. The van der Waals surface area contributed by atoms with Crippen molar-refractivity contribution < 1.29 is 9.59 Å². The highest BCUT2D eigenvalue weighted by molar-refractivity contribution is 6.19. The Labute approximate surface area is 86.4 Å². The number of hydrogen-bond donors (Lipinski definition) is 1. The molecule has 0 aliphatic carbocycles. The van der Waals surface area contributed by atoms with E-state index in [9.17, 15) is 9.59 Å². The molecule has 0 fully saturated rings. The van der Waals surface area contributed by atoms with Gasteiger partial charge < -0.3 is 10.2 Å². The second-order valence-corrected chi connectivity index (χ2v) is 3.08. The number of nitrogens with zero attached hydrogens (tertiary/aromatic N) is 1. The fourth-order valence-corrected chi connectivity index (χ4v) is 1.24. The molecule has 0 saturated heterocycles. The maximum atomic E-state index is 11.4. The van der Waals surface area contributed by atoms with E-state index in [1.54, 1.807) is 14.0 Å². The average molecular weight is 196 g/mol. The smallest absolute Gasteiger partial charge is 0.242 e. The van der Waals surface area contributed by atoms with Gasteiger partial charge in [0.25, 0.3) is 0 Å². The highest BCUT2D eigenvalue weighted by atomic mass is 16.2. The summed E-state index contributed by atoms with van der Waals surface area (Å²) in [6, 6.07) is -0.448. The third-order valence-corrected chi connectivity index (χ3v) is 2.05. The molecule has 2 amide bonds. The van der Waals surface area contributed by atoms with Gasteiger partial charge in [0.1, 0.15) is 6.04 Å². The molecule has 1 unspecified atom stereocenters. The fourth-order valence-electron chi connectivity index (χ4n) is 1.24. The maximum Gasteiger partial charge on any atom is 0.242 e. The summed E-state index contributed by atoms with van der Waals surface area (Å²) in [5, 5.41) is 2.51. The monoisotopic (exact) mass is 196 g/mol. The van der Waals surface area contributed by atoms with E-state index in [-0.39, 0.29) is 18.1 Å². The molecule has 0 spiro atoms. The Kier molecular flexibility index (Phi) is 6.00. The van der Waals surface area contributed by atoms with Crippen molar-refractivity contribution in [3.8, 4) is 0 Å². The molecular weight excluding hydrogens is 179 g/mol. The van der Waals surface area contributed by atoms with Crippen molar-refractivity contribution in [1.82, 2.24) is 10.2 Å². The first kappa shape index (κ1) is 13.0. The Morgan fingerprint density at radius 1 is 1.50 bits per heavy atom. The lowest BCUT2D eigenvalue weighted by molar-refractivity contribution is -0.138. The van der Waals surface area contributed by atoms with Crippen molar-refractivity contribution in [2.45, 2.75) is 32.6 Å². The number of carbonyl (C=O) groups excluding carboxylic acids is 2. The minimum Gasteiger partial charge on any atom is -0.357 e. The standard InChI is InChI=1S/C9H17BN2O2/c1-4-5-12(8(13)6-10)7(2)9(14)11-3/h7H,4-6H2,1-3H3,(H,11,14). The van der Waals surface area contributed by atoms with Crippen LogP contribution < -0.4 is 5.32 Å². The molecule has 4 nitrogen and oxygen atoms in total. The lowest BCUT2D eigenvalue weighted by atomic mass is 10.0. The van der Waals surface area contributed by atoms with Gasteiger partial charge in [-0.1, -0.05) is 6.92 Å². The Morgan fingerprint density at radius 2 is 2.07 bits per heavy atom. The lowest BCUT2D eigenvalue weighted by Crippen LogP contribution is -2.47. The molecule has 14 heavy (non-hydrogen) atoms. The Hall–Kier alpha value is -0.995. The van der Waals surface area contributed by atoms with E-state index >= 15 is 0 Å². The van der Waals surface area contributed by atoms with Crippen molar-refractivity contribution >= 4 is 19.7 Å². The molecule has 0 aromatic heterocycles. The quantitative estimate of drug-likeness (QED) is 0.626. The molecule has 1 atom stereocenters. The second kappa shape index (κ2) is 6.46.